The smallest absolute Gasteiger partial charge is 0.341 e. The highest BCUT2D eigenvalue weighted by molar-refractivity contribution is 6.00. The Balaban J connectivity index is 4.39. The second kappa shape index (κ2) is 9.89. The summed E-state index contributed by atoms with van der Waals surface area (Å²) in [6.45, 7) is 3.10. The number of carboxylic acids is 2. The van der Waals surface area contributed by atoms with Gasteiger partial charge in [-0.15, -0.1) is 0 Å². The molecule has 2 atom stereocenters. The molecule has 0 saturated heterocycles. The molecule has 0 aliphatic rings. The molecule has 0 rings (SSSR count). The van der Waals surface area contributed by atoms with Crippen molar-refractivity contribution in [3.05, 3.63) is 12.2 Å². The van der Waals surface area contributed by atoms with E-state index in [9.17, 15) is 28.8 Å². The Morgan fingerprint density at radius 1 is 0.760 bits per heavy atom. The molecule has 0 saturated carbocycles. The van der Waals surface area contributed by atoms with E-state index in [0.29, 0.717) is 0 Å². The quantitative estimate of drug-likeness (QED) is 0.195. The molecule has 25 heavy (non-hydrogen) atoms. The molecule has 138 valence electrons. The van der Waals surface area contributed by atoms with Crippen LogP contribution in [-0.4, -0.2) is 68.4 Å². The van der Waals surface area contributed by atoms with Crippen molar-refractivity contribution in [3.8, 4) is 0 Å². The Morgan fingerprint density at radius 2 is 1.16 bits per heavy atom. The SMILES string of the molecule is C=C(CC(=O)OC(=O)CC(O)C(=O)O)C(=O)OC(=O)CC(O)C(=O)O. The van der Waals surface area contributed by atoms with Crippen molar-refractivity contribution in [1.29, 1.82) is 0 Å². The van der Waals surface area contributed by atoms with Crippen LogP contribution >= 0.6 is 0 Å². The summed E-state index contributed by atoms with van der Waals surface area (Å²) in [4.78, 5) is 65.7. The van der Waals surface area contributed by atoms with E-state index in [1.807, 2.05) is 0 Å². The van der Waals surface area contributed by atoms with Gasteiger partial charge >= 0.3 is 35.8 Å². The molecule has 0 radical (unpaired) electrons. The van der Waals surface area contributed by atoms with Crippen LogP contribution in [0.1, 0.15) is 19.3 Å². The molecule has 0 aromatic rings. The number of aliphatic hydroxyl groups excluding tert-OH is 2. The Hall–Kier alpha value is -3.12. The van der Waals surface area contributed by atoms with Crippen molar-refractivity contribution in [2.75, 3.05) is 0 Å². The Labute approximate surface area is 139 Å². The summed E-state index contributed by atoms with van der Waals surface area (Å²) in [5.41, 5.74) is -0.630. The minimum atomic E-state index is -2.09. The predicted octanol–water partition coefficient (Wildman–Crippen LogP) is -2.26. The molecule has 0 fully saturated rings. The number of rotatable bonds is 9. The van der Waals surface area contributed by atoms with Gasteiger partial charge in [-0.2, -0.15) is 0 Å². The Kier molecular flexibility index (Phi) is 8.66. The minimum Gasteiger partial charge on any atom is -0.479 e. The number of hydrogen-bond acceptors (Lipinski definition) is 10. The lowest BCUT2D eigenvalue weighted by atomic mass is 10.2. The highest BCUT2D eigenvalue weighted by Crippen LogP contribution is 2.06. The van der Waals surface area contributed by atoms with Gasteiger partial charge in [0.15, 0.2) is 12.2 Å². The van der Waals surface area contributed by atoms with Gasteiger partial charge in [0.2, 0.25) is 0 Å². The number of hydrogen-bond donors (Lipinski definition) is 4. The van der Waals surface area contributed by atoms with E-state index in [2.05, 4.69) is 16.1 Å². The lowest BCUT2D eigenvalue weighted by Crippen LogP contribution is -2.27. The molecule has 0 aliphatic heterocycles. The molecule has 0 bridgehead atoms. The second-order valence-electron chi connectivity index (χ2n) is 4.50. The third-order valence-corrected chi connectivity index (χ3v) is 2.37. The van der Waals surface area contributed by atoms with E-state index in [1.165, 1.54) is 0 Å². The fraction of sp³-hybridized carbons (Fsp3) is 0.385. The van der Waals surface area contributed by atoms with Crippen LogP contribution in [0.4, 0.5) is 0 Å². The first-order valence-corrected chi connectivity index (χ1v) is 6.42. The maximum Gasteiger partial charge on any atom is 0.341 e. The van der Waals surface area contributed by atoms with Crippen LogP contribution in [0, 0.1) is 0 Å². The zero-order chi connectivity index (χ0) is 19.7. The topological polar surface area (TPSA) is 202 Å². The fourth-order valence-corrected chi connectivity index (χ4v) is 1.16. The van der Waals surface area contributed by atoms with Crippen LogP contribution < -0.4 is 0 Å². The van der Waals surface area contributed by atoms with E-state index >= 15 is 0 Å². The number of ether oxygens (including phenoxy) is 2. The van der Waals surface area contributed by atoms with E-state index in [0.717, 1.165) is 0 Å². The predicted molar refractivity (Wildman–Crippen MR) is 72.5 cm³/mol. The van der Waals surface area contributed by atoms with Crippen molar-refractivity contribution in [1.82, 2.24) is 0 Å². The van der Waals surface area contributed by atoms with Gasteiger partial charge in [0.1, 0.15) is 0 Å². The number of aliphatic carboxylic acids is 2. The van der Waals surface area contributed by atoms with Crippen LogP contribution in [0.2, 0.25) is 0 Å². The Bertz CT molecular complexity index is 604. The first-order valence-electron chi connectivity index (χ1n) is 6.42. The zero-order valence-electron chi connectivity index (χ0n) is 12.5. The van der Waals surface area contributed by atoms with E-state index in [1.54, 1.807) is 0 Å². The maximum atomic E-state index is 11.4. The summed E-state index contributed by atoms with van der Waals surface area (Å²) in [5, 5.41) is 34.5. The zero-order valence-corrected chi connectivity index (χ0v) is 12.5. The van der Waals surface area contributed by atoms with Gasteiger partial charge in [-0.25, -0.2) is 14.4 Å². The molecule has 4 N–H and O–H groups in total. The number of aliphatic hydroxyl groups is 2. The largest absolute Gasteiger partial charge is 0.479 e. The van der Waals surface area contributed by atoms with Crippen LogP contribution in [0.5, 0.6) is 0 Å². The monoisotopic (exact) mass is 362 g/mol. The maximum absolute atomic E-state index is 11.4. The summed E-state index contributed by atoms with van der Waals surface area (Å²) in [5.74, 6) is -8.94. The number of carbonyl (C=O) groups excluding carboxylic acids is 4. The molecular formula is C13H14O12. The molecule has 0 aromatic heterocycles. The average Bonchev–Trinajstić information content (AvgIpc) is 2.45. The summed E-state index contributed by atoms with van der Waals surface area (Å²) >= 11 is 0. The molecule has 0 aliphatic carbocycles. The Morgan fingerprint density at radius 3 is 1.56 bits per heavy atom. The highest BCUT2D eigenvalue weighted by Gasteiger charge is 2.25. The standard InChI is InChI=1S/C13H14O12/c1-5(13(23)25-10(18)4-7(15)12(21)22)2-8(16)24-9(17)3-6(14)11(19)20/h6-7,14-15H,1-4H2,(H,19,20)(H,21,22). The molecule has 0 aromatic carbocycles. The second-order valence-corrected chi connectivity index (χ2v) is 4.50. The van der Waals surface area contributed by atoms with Crippen molar-refractivity contribution in [2.24, 2.45) is 0 Å². The summed E-state index contributed by atoms with van der Waals surface area (Å²) in [6.07, 6.45) is -7.10. The van der Waals surface area contributed by atoms with E-state index < -0.39 is 72.9 Å². The van der Waals surface area contributed by atoms with Gasteiger partial charge in [-0.1, -0.05) is 6.58 Å². The molecule has 0 heterocycles. The van der Waals surface area contributed by atoms with Crippen molar-refractivity contribution >= 4 is 35.8 Å². The minimum absolute atomic E-state index is 0.630. The third-order valence-electron chi connectivity index (χ3n) is 2.37. The summed E-state index contributed by atoms with van der Waals surface area (Å²) < 4.78 is 8.24. The summed E-state index contributed by atoms with van der Waals surface area (Å²) in [7, 11) is 0. The van der Waals surface area contributed by atoms with Gasteiger partial charge in [0.25, 0.3) is 0 Å². The number of carbonyl (C=O) groups is 6. The van der Waals surface area contributed by atoms with Gasteiger partial charge in [0.05, 0.1) is 19.3 Å². The van der Waals surface area contributed by atoms with Crippen molar-refractivity contribution in [2.45, 2.75) is 31.5 Å². The van der Waals surface area contributed by atoms with Gasteiger partial charge in [-0.3, -0.25) is 14.4 Å². The van der Waals surface area contributed by atoms with Crippen molar-refractivity contribution in [3.63, 3.8) is 0 Å². The van der Waals surface area contributed by atoms with Gasteiger partial charge in [0, 0.05) is 5.57 Å². The van der Waals surface area contributed by atoms with Gasteiger partial charge in [-0.05, 0) is 0 Å². The lowest BCUT2D eigenvalue weighted by molar-refractivity contribution is -0.166. The summed E-state index contributed by atoms with van der Waals surface area (Å²) in [6, 6.07) is 0. The highest BCUT2D eigenvalue weighted by atomic mass is 16.6. The first kappa shape index (κ1) is 21.9. The molecule has 12 nitrogen and oxygen atoms in total. The lowest BCUT2D eigenvalue weighted by Gasteiger charge is -2.08. The van der Waals surface area contributed by atoms with Crippen molar-refractivity contribution < 1.29 is 58.7 Å². The van der Waals surface area contributed by atoms with Crippen LogP contribution in [0.25, 0.3) is 0 Å². The fourth-order valence-electron chi connectivity index (χ4n) is 1.16. The molecule has 12 heteroatoms. The van der Waals surface area contributed by atoms with E-state index in [-0.39, 0.29) is 0 Å². The molecule has 0 spiro atoms. The average molecular weight is 362 g/mol. The first-order chi connectivity index (χ1) is 11.4. The van der Waals surface area contributed by atoms with E-state index in [4.69, 9.17) is 20.4 Å². The molecule has 2 unspecified atom stereocenters. The normalized spacial score (nSPS) is 12.4. The van der Waals surface area contributed by atoms with Gasteiger partial charge < -0.3 is 29.9 Å². The molecular weight excluding hydrogens is 348 g/mol. The number of esters is 4. The number of carboxylic acid groups (broad SMARTS) is 2. The van der Waals surface area contributed by atoms with Crippen LogP contribution in [-0.2, 0) is 38.2 Å². The van der Waals surface area contributed by atoms with Crippen LogP contribution in [0.15, 0.2) is 12.2 Å². The third kappa shape index (κ3) is 8.92. The van der Waals surface area contributed by atoms with Crippen LogP contribution in [0.3, 0.4) is 0 Å². The molecule has 0 amide bonds.